The molecule has 0 bridgehead atoms. The summed E-state index contributed by atoms with van der Waals surface area (Å²) in [6.45, 7) is 1.89. The zero-order chi connectivity index (χ0) is 22.9. The lowest BCUT2D eigenvalue weighted by Crippen LogP contribution is -2.52. The summed E-state index contributed by atoms with van der Waals surface area (Å²) in [4.78, 5) is 31.8. The van der Waals surface area contributed by atoms with Crippen LogP contribution in [0.2, 0.25) is 0 Å². The fourth-order valence-electron chi connectivity index (χ4n) is 5.01. The second-order valence-corrected chi connectivity index (χ2v) is 8.83. The monoisotopic (exact) mass is 446 g/mol. The number of hydrogen-bond donors (Lipinski definition) is 1. The second-order valence-electron chi connectivity index (χ2n) is 8.83. The minimum absolute atomic E-state index is 0.00285. The molecule has 2 aromatic heterocycles. The van der Waals surface area contributed by atoms with Gasteiger partial charge >= 0.3 is 0 Å². The van der Waals surface area contributed by atoms with Crippen molar-refractivity contribution in [3.05, 3.63) is 71.4 Å². The number of carbonyl (C=O) groups excluding carboxylic acids is 1. The number of rotatable bonds is 3. The molecule has 0 radical (unpaired) electrons. The van der Waals surface area contributed by atoms with Crippen molar-refractivity contribution in [2.75, 3.05) is 21.7 Å². The Hall–Kier alpha value is -3.59. The molecular formula is C24H23FN6O2. The van der Waals surface area contributed by atoms with E-state index >= 15 is 0 Å². The minimum Gasteiger partial charge on any atom is -0.369 e. The highest BCUT2D eigenvalue weighted by atomic mass is 19.1. The maximum absolute atomic E-state index is 14.1. The van der Waals surface area contributed by atoms with Crippen molar-refractivity contribution >= 4 is 23.4 Å². The van der Waals surface area contributed by atoms with Crippen LogP contribution in [0.1, 0.15) is 48.7 Å². The van der Waals surface area contributed by atoms with Crippen LogP contribution in [0.25, 0.3) is 0 Å². The van der Waals surface area contributed by atoms with E-state index in [-0.39, 0.29) is 18.0 Å². The first-order chi connectivity index (χ1) is 16.0. The number of benzene rings is 1. The van der Waals surface area contributed by atoms with E-state index in [1.165, 1.54) is 12.1 Å². The molecule has 4 heterocycles. The number of likely N-dealkylation sites (N-methyl/N-ethyl adjacent to an activating group) is 1. The van der Waals surface area contributed by atoms with Crippen LogP contribution in [0.4, 0.5) is 21.8 Å². The first-order valence-electron chi connectivity index (χ1n) is 11.0. The van der Waals surface area contributed by atoms with Gasteiger partial charge in [0, 0.05) is 31.0 Å². The third kappa shape index (κ3) is 2.99. The molecule has 9 heteroatoms. The highest BCUT2D eigenvalue weighted by Crippen LogP contribution is 2.48. The first-order valence-corrected chi connectivity index (χ1v) is 11.0. The summed E-state index contributed by atoms with van der Waals surface area (Å²) in [7, 11) is 1.73. The van der Waals surface area contributed by atoms with Gasteiger partial charge in [-0.15, -0.1) is 0 Å². The van der Waals surface area contributed by atoms with Gasteiger partial charge in [-0.3, -0.25) is 14.7 Å². The number of aliphatic hydroxyl groups is 1. The smallest absolute Gasteiger partial charge is 0.249 e. The first kappa shape index (κ1) is 20.0. The van der Waals surface area contributed by atoms with Crippen LogP contribution in [-0.4, -0.2) is 45.1 Å². The molecule has 1 aromatic carbocycles. The summed E-state index contributed by atoms with van der Waals surface area (Å²) in [6, 6.07) is 7.68. The number of pyridine rings is 1. The van der Waals surface area contributed by atoms with Gasteiger partial charge in [-0.25, -0.2) is 9.37 Å². The van der Waals surface area contributed by atoms with Crippen LogP contribution < -0.4 is 14.7 Å². The number of carbonyl (C=O) groups is 1. The highest BCUT2D eigenvalue weighted by molar-refractivity contribution is 6.04. The molecule has 168 valence electrons. The van der Waals surface area contributed by atoms with E-state index in [2.05, 4.69) is 14.9 Å². The van der Waals surface area contributed by atoms with Crippen molar-refractivity contribution in [2.45, 2.75) is 44.1 Å². The van der Waals surface area contributed by atoms with Gasteiger partial charge in [0.05, 0.1) is 12.2 Å². The van der Waals surface area contributed by atoms with E-state index in [0.717, 1.165) is 24.0 Å². The van der Waals surface area contributed by atoms with E-state index in [4.69, 9.17) is 4.98 Å². The van der Waals surface area contributed by atoms with Crippen LogP contribution in [0.3, 0.4) is 0 Å². The second kappa shape index (κ2) is 7.21. The molecular weight excluding hydrogens is 423 g/mol. The van der Waals surface area contributed by atoms with E-state index in [9.17, 15) is 14.3 Å². The molecule has 2 aliphatic heterocycles. The molecule has 3 unspecified atom stereocenters. The van der Waals surface area contributed by atoms with Crippen molar-refractivity contribution in [3.63, 3.8) is 0 Å². The van der Waals surface area contributed by atoms with Gasteiger partial charge in [0.25, 0.3) is 0 Å². The maximum Gasteiger partial charge on any atom is 0.249 e. The molecule has 3 aliphatic rings. The van der Waals surface area contributed by atoms with Crippen LogP contribution >= 0.6 is 0 Å². The zero-order valence-electron chi connectivity index (χ0n) is 18.3. The number of nitrogens with zero attached hydrogens (tertiary/aromatic N) is 6. The summed E-state index contributed by atoms with van der Waals surface area (Å²) in [5, 5.41) is 11.3. The van der Waals surface area contributed by atoms with E-state index in [1.54, 1.807) is 41.5 Å². The van der Waals surface area contributed by atoms with Gasteiger partial charge in [0.15, 0.2) is 12.0 Å². The Morgan fingerprint density at radius 2 is 1.94 bits per heavy atom. The molecule has 0 saturated heterocycles. The van der Waals surface area contributed by atoms with Gasteiger partial charge in [0.1, 0.15) is 17.5 Å². The lowest BCUT2D eigenvalue weighted by molar-refractivity contribution is -0.119. The van der Waals surface area contributed by atoms with Crippen LogP contribution in [-0.2, 0) is 4.79 Å². The third-order valence-electron chi connectivity index (χ3n) is 6.78. The van der Waals surface area contributed by atoms with Crippen molar-refractivity contribution in [3.8, 4) is 0 Å². The fourth-order valence-corrected chi connectivity index (χ4v) is 5.01. The lowest BCUT2D eigenvalue weighted by Gasteiger charge is -2.40. The van der Waals surface area contributed by atoms with Gasteiger partial charge in [-0.1, -0.05) is 12.1 Å². The number of anilines is 3. The largest absolute Gasteiger partial charge is 0.369 e. The average Bonchev–Trinajstić information content (AvgIpc) is 3.62. The highest BCUT2D eigenvalue weighted by Gasteiger charge is 2.45. The predicted molar refractivity (Wildman–Crippen MR) is 120 cm³/mol. The molecule has 1 aliphatic carbocycles. The SMILES string of the molecule is CC1C(=O)N(C)c2cnc(N3C(O)c4cc(F)ccc4C3c3cccnc3)nc2N1C1CC1. The Balaban J connectivity index is 1.51. The number of hydrogen-bond acceptors (Lipinski definition) is 7. The number of halogens is 1. The molecule has 1 amide bonds. The number of aliphatic hydroxyl groups excluding tert-OH is 1. The van der Waals surface area contributed by atoms with Gasteiger partial charge in [-0.2, -0.15) is 4.98 Å². The number of fused-ring (bicyclic) bond motifs is 2. The average molecular weight is 446 g/mol. The molecule has 6 rings (SSSR count). The summed E-state index contributed by atoms with van der Waals surface area (Å²) in [5.74, 6) is 0.576. The molecule has 1 N–H and O–H groups in total. The quantitative estimate of drug-likeness (QED) is 0.662. The van der Waals surface area contributed by atoms with Crippen molar-refractivity contribution in [1.29, 1.82) is 0 Å². The minimum atomic E-state index is -1.13. The standard InChI is InChI=1S/C24H23FN6O2/c1-13-22(32)29(2)19-12-27-24(28-21(19)30(13)16-6-7-16)31-20(14-4-3-9-26-11-14)17-8-5-15(25)10-18(17)23(31)33/h3-5,8-13,16,20,23,33H,6-7H2,1-2H3. The van der Waals surface area contributed by atoms with Gasteiger partial charge in [-0.05, 0) is 49.1 Å². The molecule has 3 aromatic rings. The number of amides is 1. The Kier molecular flexibility index (Phi) is 4.38. The van der Waals surface area contributed by atoms with E-state index in [1.807, 2.05) is 19.1 Å². The zero-order valence-corrected chi connectivity index (χ0v) is 18.3. The summed E-state index contributed by atoms with van der Waals surface area (Å²) < 4.78 is 14.1. The third-order valence-corrected chi connectivity index (χ3v) is 6.78. The molecule has 1 saturated carbocycles. The topological polar surface area (TPSA) is 85.7 Å². The normalized spacial score (nSPS) is 24.2. The lowest BCUT2D eigenvalue weighted by atomic mass is 9.99. The molecule has 1 fully saturated rings. The molecule has 3 atom stereocenters. The number of aromatic nitrogens is 3. The Morgan fingerprint density at radius 1 is 1.12 bits per heavy atom. The van der Waals surface area contributed by atoms with E-state index < -0.39 is 18.1 Å². The molecule has 8 nitrogen and oxygen atoms in total. The van der Waals surface area contributed by atoms with Crippen molar-refractivity contribution in [2.24, 2.45) is 0 Å². The van der Waals surface area contributed by atoms with Crippen LogP contribution in [0.15, 0.2) is 48.9 Å². The summed E-state index contributed by atoms with van der Waals surface area (Å²) >= 11 is 0. The van der Waals surface area contributed by atoms with Crippen LogP contribution in [0, 0.1) is 5.82 Å². The summed E-state index contributed by atoms with van der Waals surface area (Å²) in [6.07, 6.45) is 5.93. The molecule has 33 heavy (non-hydrogen) atoms. The Labute approximate surface area is 190 Å². The molecule has 0 spiro atoms. The summed E-state index contributed by atoms with van der Waals surface area (Å²) in [5.41, 5.74) is 2.73. The predicted octanol–water partition coefficient (Wildman–Crippen LogP) is 2.94. The Bertz CT molecular complexity index is 1250. The van der Waals surface area contributed by atoms with Crippen molar-refractivity contribution < 1.29 is 14.3 Å². The fraction of sp³-hybridized carbons (Fsp3) is 0.333. The van der Waals surface area contributed by atoms with Crippen LogP contribution in [0.5, 0.6) is 0 Å². The van der Waals surface area contributed by atoms with Gasteiger partial charge < -0.3 is 14.9 Å². The Morgan fingerprint density at radius 3 is 2.67 bits per heavy atom. The maximum atomic E-state index is 14.1. The van der Waals surface area contributed by atoms with Gasteiger partial charge in [0.2, 0.25) is 11.9 Å². The van der Waals surface area contributed by atoms with E-state index in [0.29, 0.717) is 23.0 Å². The van der Waals surface area contributed by atoms with Crippen molar-refractivity contribution in [1.82, 2.24) is 15.0 Å².